The number of aromatic amines is 1. The Morgan fingerprint density at radius 3 is 2.57 bits per heavy atom. The van der Waals surface area contributed by atoms with Gasteiger partial charge in [0.15, 0.2) is 0 Å². The smallest absolute Gasteiger partial charge is 0.240 e. The number of nitrogens with zero attached hydrogens (tertiary/aromatic N) is 2. The van der Waals surface area contributed by atoms with E-state index in [4.69, 9.17) is 0 Å². The summed E-state index contributed by atoms with van der Waals surface area (Å²) in [5.74, 6) is -0.113. The molecular formula is C16H26N4O. The average molecular weight is 290 g/mol. The topological polar surface area (TPSA) is 81.6 Å². The van der Waals surface area contributed by atoms with Gasteiger partial charge in [-0.05, 0) is 38.2 Å². The minimum absolute atomic E-state index is 0.113. The number of carbonyl (C=O) groups excluding carboxylic acids is 1. The van der Waals surface area contributed by atoms with Crippen molar-refractivity contribution in [1.82, 2.24) is 15.5 Å². The van der Waals surface area contributed by atoms with Crippen LogP contribution >= 0.6 is 0 Å². The molecule has 0 radical (unpaired) electrons. The van der Waals surface area contributed by atoms with Gasteiger partial charge in [0.25, 0.3) is 0 Å². The van der Waals surface area contributed by atoms with Crippen LogP contribution in [0.25, 0.3) is 0 Å². The second kappa shape index (κ2) is 8.46. The Morgan fingerprint density at radius 2 is 2.10 bits per heavy atom. The maximum absolute atomic E-state index is 12.4. The Hall–Kier alpha value is -1.83. The molecule has 21 heavy (non-hydrogen) atoms. The van der Waals surface area contributed by atoms with Gasteiger partial charge in [0.1, 0.15) is 5.41 Å². The minimum Gasteiger partial charge on any atom is -0.355 e. The molecule has 0 unspecified atom stereocenters. The summed E-state index contributed by atoms with van der Waals surface area (Å²) in [5.41, 5.74) is 1.40. The molecule has 0 bridgehead atoms. The number of nitrogens with one attached hydrogen (secondary N) is 2. The molecule has 1 aromatic rings. The van der Waals surface area contributed by atoms with Crippen LogP contribution in [0.4, 0.5) is 0 Å². The summed E-state index contributed by atoms with van der Waals surface area (Å²) in [5, 5.41) is 19.2. The molecule has 0 saturated heterocycles. The van der Waals surface area contributed by atoms with Crippen LogP contribution < -0.4 is 5.32 Å². The van der Waals surface area contributed by atoms with E-state index in [0.29, 0.717) is 19.4 Å². The van der Waals surface area contributed by atoms with Crippen molar-refractivity contribution in [3.63, 3.8) is 0 Å². The summed E-state index contributed by atoms with van der Waals surface area (Å²) in [6.07, 6.45) is 6.50. The van der Waals surface area contributed by atoms with Gasteiger partial charge in [-0.2, -0.15) is 10.4 Å². The van der Waals surface area contributed by atoms with Gasteiger partial charge in [-0.25, -0.2) is 0 Å². The number of carbonyl (C=O) groups is 1. The summed E-state index contributed by atoms with van der Waals surface area (Å²) < 4.78 is 0. The van der Waals surface area contributed by atoms with E-state index in [-0.39, 0.29) is 5.91 Å². The predicted octanol–water partition coefficient (Wildman–Crippen LogP) is 2.88. The van der Waals surface area contributed by atoms with E-state index in [2.05, 4.69) is 21.6 Å². The monoisotopic (exact) mass is 290 g/mol. The number of nitriles is 1. The second-order valence-corrected chi connectivity index (χ2v) is 5.57. The van der Waals surface area contributed by atoms with Gasteiger partial charge >= 0.3 is 0 Å². The second-order valence-electron chi connectivity index (χ2n) is 5.57. The van der Waals surface area contributed by atoms with Gasteiger partial charge in [0.05, 0.1) is 12.3 Å². The normalized spacial score (nSPS) is 11.1. The fraction of sp³-hybridized carbons (Fsp3) is 0.688. The molecule has 5 heteroatoms. The van der Waals surface area contributed by atoms with Crippen molar-refractivity contribution in [2.75, 3.05) is 6.54 Å². The largest absolute Gasteiger partial charge is 0.355 e. The van der Waals surface area contributed by atoms with Gasteiger partial charge in [0.2, 0.25) is 5.91 Å². The first-order valence-electron chi connectivity index (χ1n) is 7.78. The fourth-order valence-corrected chi connectivity index (χ4v) is 2.65. The standard InChI is InChI=1S/C16H26N4O/c1-4-8-16(12-17,9-5-2)15(21)18-10-6-7-14-11-19-20-13(14)3/h11H,4-10H2,1-3H3,(H,18,21)(H,19,20). The Labute approximate surface area is 127 Å². The summed E-state index contributed by atoms with van der Waals surface area (Å²) in [4.78, 5) is 12.4. The molecule has 0 fully saturated rings. The lowest BCUT2D eigenvalue weighted by molar-refractivity contribution is -0.128. The predicted molar refractivity (Wildman–Crippen MR) is 82.5 cm³/mol. The van der Waals surface area contributed by atoms with Crippen molar-refractivity contribution in [3.8, 4) is 6.07 Å². The maximum Gasteiger partial charge on any atom is 0.240 e. The maximum atomic E-state index is 12.4. The van der Waals surface area contributed by atoms with Crippen LogP contribution in [0.1, 0.15) is 57.2 Å². The molecule has 1 amide bonds. The summed E-state index contributed by atoms with van der Waals surface area (Å²) >= 11 is 0. The zero-order chi connectivity index (χ0) is 15.7. The molecule has 0 saturated carbocycles. The van der Waals surface area contributed by atoms with Gasteiger partial charge in [-0.3, -0.25) is 9.89 Å². The third-order valence-electron chi connectivity index (χ3n) is 3.84. The van der Waals surface area contributed by atoms with Crippen molar-refractivity contribution < 1.29 is 4.79 Å². The van der Waals surface area contributed by atoms with Gasteiger partial charge in [-0.15, -0.1) is 0 Å². The molecule has 0 spiro atoms. The highest BCUT2D eigenvalue weighted by molar-refractivity contribution is 5.85. The van der Waals surface area contributed by atoms with Gasteiger partial charge < -0.3 is 5.32 Å². The molecule has 2 N–H and O–H groups in total. The third kappa shape index (κ3) is 4.59. The molecular weight excluding hydrogens is 264 g/mol. The van der Waals surface area contributed by atoms with Crippen LogP contribution in [0.15, 0.2) is 6.20 Å². The molecule has 1 heterocycles. The first kappa shape index (κ1) is 17.2. The van der Waals surface area contributed by atoms with E-state index in [1.54, 1.807) is 0 Å². The fourth-order valence-electron chi connectivity index (χ4n) is 2.65. The number of aromatic nitrogens is 2. The van der Waals surface area contributed by atoms with Crippen LogP contribution in [0.3, 0.4) is 0 Å². The number of hydrogen-bond donors (Lipinski definition) is 2. The molecule has 0 atom stereocenters. The van der Waals surface area contributed by atoms with Crippen LogP contribution in [-0.4, -0.2) is 22.6 Å². The lowest BCUT2D eigenvalue weighted by Crippen LogP contribution is -2.40. The highest BCUT2D eigenvalue weighted by Gasteiger charge is 2.36. The Bertz CT molecular complexity index is 481. The summed E-state index contributed by atoms with van der Waals surface area (Å²) in [6.45, 7) is 6.61. The Kier molecular flexibility index (Phi) is 6.93. The number of amides is 1. The SMILES string of the molecule is CCCC(C#N)(CCC)C(=O)NCCCc1cn[nH]c1C. The van der Waals surface area contributed by atoms with Gasteiger partial charge in [-0.1, -0.05) is 26.7 Å². The quantitative estimate of drug-likeness (QED) is 0.686. The number of aryl methyl sites for hydroxylation is 2. The highest BCUT2D eigenvalue weighted by atomic mass is 16.2. The van der Waals surface area contributed by atoms with Crippen molar-refractivity contribution in [2.24, 2.45) is 5.41 Å². The Morgan fingerprint density at radius 1 is 1.43 bits per heavy atom. The molecule has 0 aliphatic heterocycles. The van der Waals surface area contributed by atoms with Gasteiger partial charge in [0, 0.05) is 12.2 Å². The number of hydrogen-bond acceptors (Lipinski definition) is 3. The van der Waals surface area contributed by atoms with E-state index < -0.39 is 5.41 Å². The van der Waals surface area contributed by atoms with E-state index >= 15 is 0 Å². The molecule has 0 aromatic carbocycles. The summed E-state index contributed by atoms with van der Waals surface area (Å²) in [7, 11) is 0. The number of rotatable bonds is 9. The van der Waals surface area contributed by atoms with Crippen LogP contribution in [0.5, 0.6) is 0 Å². The molecule has 1 aromatic heterocycles. The van der Waals surface area contributed by atoms with Crippen molar-refractivity contribution in [3.05, 3.63) is 17.5 Å². The van der Waals surface area contributed by atoms with Crippen molar-refractivity contribution >= 4 is 5.91 Å². The van der Waals surface area contributed by atoms with Crippen molar-refractivity contribution in [1.29, 1.82) is 5.26 Å². The molecule has 0 aliphatic carbocycles. The molecule has 5 nitrogen and oxygen atoms in total. The van der Waals surface area contributed by atoms with E-state index in [0.717, 1.165) is 31.4 Å². The van der Waals surface area contributed by atoms with Crippen LogP contribution in [0.2, 0.25) is 0 Å². The highest BCUT2D eigenvalue weighted by Crippen LogP contribution is 2.29. The zero-order valence-corrected chi connectivity index (χ0v) is 13.3. The van der Waals surface area contributed by atoms with Crippen LogP contribution in [-0.2, 0) is 11.2 Å². The lowest BCUT2D eigenvalue weighted by Gasteiger charge is -2.24. The lowest BCUT2D eigenvalue weighted by atomic mass is 9.80. The van der Waals surface area contributed by atoms with Crippen molar-refractivity contribution in [2.45, 2.75) is 59.3 Å². The third-order valence-corrected chi connectivity index (χ3v) is 3.84. The average Bonchev–Trinajstić information content (AvgIpc) is 2.88. The first-order valence-corrected chi connectivity index (χ1v) is 7.78. The van der Waals surface area contributed by atoms with E-state index in [1.165, 1.54) is 5.56 Å². The minimum atomic E-state index is -0.852. The molecule has 116 valence electrons. The molecule has 0 aliphatic rings. The zero-order valence-electron chi connectivity index (χ0n) is 13.3. The number of H-pyrrole nitrogens is 1. The summed E-state index contributed by atoms with van der Waals surface area (Å²) in [6, 6.07) is 2.25. The Balaban J connectivity index is 2.47. The molecule has 1 rings (SSSR count). The first-order chi connectivity index (χ1) is 10.1. The van der Waals surface area contributed by atoms with E-state index in [9.17, 15) is 10.1 Å². The van der Waals surface area contributed by atoms with E-state index in [1.807, 2.05) is 27.0 Å². The van der Waals surface area contributed by atoms with Crippen LogP contribution in [0, 0.1) is 23.7 Å².